The molecule has 5 heterocycles. The average Bonchev–Trinajstić information content (AvgIpc) is 3.42. The van der Waals surface area contributed by atoms with Gasteiger partial charge in [-0.25, -0.2) is 13.9 Å². The summed E-state index contributed by atoms with van der Waals surface area (Å²) in [7, 11) is 0. The Morgan fingerprint density at radius 1 is 1.15 bits per heavy atom. The Labute approximate surface area is 199 Å². The van der Waals surface area contributed by atoms with Gasteiger partial charge in [-0.3, -0.25) is 4.98 Å². The minimum Gasteiger partial charge on any atom is -0.381 e. The number of hydrogen-bond acceptors (Lipinski definition) is 4. The maximum absolute atomic E-state index is 16.1. The van der Waals surface area contributed by atoms with E-state index < -0.39 is 0 Å². The summed E-state index contributed by atoms with van der Waals surface area (Å²) in [6.45, 7) is 8.12. The number of aromatic amines is 1. The summed E-state index contributed by atoms with van der Waals surface area (Å²) in [4.78, 5) is 12.5. The zero-order valence-corrected chi connectivity index (χ0v) is 20.1. The van der Waals surface area contributed by atoms with E-state index in [1.807, 2.05) is 19.3 Å². The van der Waals surface area contributed by atoms with Crippen LogP contribution in [0.25, 0.3) is 27.8 Å². The second-order valence-electron chi connectivity index (χ2n) is 10.6. The summed E-state index contributed by atoms with van der Waals surface area (Å²) in [5.74, 6) is 1.70. The second kappa shape index (κ2) is 8.45. The Bertz CT molecular complexity index is 1340. The Morgan fingerprint density at radius 2 is 1.94 bits per heavy atom. The molecule has 0 bridgehead atoms. The molecule has 1 saturated carbocycles. The molecule has 1 saturated heterocycles. The van der Waals surface area contributed by atoms with E-state index in [-0.39, 0.29) is 17.7 Å². The lowest BCUT2D eigenvalue weighted by atomic mass is 9.76. The van der Waals surface area contributed by atoms with Crippen LogP contribution in [0.3, 0.4) is 0 Å². The van der Waals surface area contributed by atoms with Crippen LogP contribution in [0.1, 0.15) is 74.6 Å². The molecule has 0 radical (unpaired) electrons. The van der Waals surface area contributed by atoms with Crippen LogP contribution < -0.4 is 0 Å². The van der Waals surface area contributed by atoms with Gasteiger partial charge in [0.2, 0.25) is 0 Å². The number of rotatable bonds is 5. The highest BCUT2D eigenvalue weighted by molar-refractivity contribution is 5.92. The first-order chi connectivity index (χ1) is 16.5. The molecule has 7 heteroatoms. The highest BCUT2D eigenvalue weighted by Crippen LogP contribution is 2.42. The van der Waals surface area contributed by atoms with Crippen LogP contribution in [0, 0.1) is 24.6 Å². The number of H-pyrrole nitrogens is 1. The summed E-state index contributed by atoms with van der Waals surface area (Å²) >= 11 is 0. The van der Waals surface area contributed by atoms with E-state index in [1.165, 1.54) is 6.42 Å². The number of halogens is 1. The molecule has 1 aliphatic carbocycles. The molecule has 6 nitrogen and oxygen atoms in total. The Kier molecular flexibility index (Phi) is 5.40. The third-order valence-electron chi connectivity index (χ3n) is 7.88. The van der Waals surface area contributed by atoms with Gasteiger partial charge in [0.25, 0.3) is 0 Å². The maximum atomic E-state index is 16.1. The minimum atomic E-state index is -0.141. The van der Waals surface area contributed by atoms with Crippen molar-refractivity contribution in [3.05, 3.63) is 47.4 Å². The number of fused-ring (bicyclic) bond motifs is 2. The van der Waals surface area contributed by atoms with Crippen molar-refractivity contribution in [3.63, 3.8) is 0 Å². The van der Waals surface area contributed by atoms with Crippen LogP contribution >= 0.6 is 0 Å². The van der Waals surface area contributed by atoms with E-state index in [9.17, 15) is 0 Å². The fourth-order valence-corrected chi connectivity index (χ4v) is 6.07. The smallest absolute Gasteiger partial charge is 0.158 e. The van der Waals surface area contributed by atoms with Gasteiger partial charge in [0, 0.05) is 29.0 Å². The first-order valence-corrected chi connectivity index (χ1v) is 12.6. The third kappa shape index (κ3) is 3.61. The quantitative estimate of drug-likeness (QED) is 0.387. The molecule has 0 aromatic carbocycles. The van der Waals surface area contributed by atoms with Crippen LogP contribution in [-0.2, 0) is 4.74 Å². The summed E-state index contributed by atoms with van der Waals surface area (Å²) in [5, 5.41) is 5.01. The molecule has 0 amide bonds. The first-order valence-electron chi connectivity index (χ1n) is 12.6. The SMILES string of the molecule is Cc1cc(-c2[nH]c3cnc(C4CCC(CC5COC5)CC4)c(F)c3c2C(C)C)cn2ncnc12. The van der Waals surface area contributed by atoms with Gasteiger partial charge in [-0.2, -0.15) is 5.10 Å². The summed E-state index contributed by atoms with van der Waals surface area (Å²) in [6.07, 6.45) is 11.0. The van der Waals surface area contributed by atoms with Crippen LogP contribution in [0.15, 0.2) is 24.8 Å². The lowest BCUT2D eigenvalue weighted by Gasteiger charge is -2.34. The second-order valence-corrected chi connectivity index (χ2v) is 10.6. The van der Waals surface area contributed by atoms with Crippen molar-refractivity contribution in [2.24, 2.45) is 11.8 Å². The highest BCUT2D eigenvalue weighted by atomic mass is 19.1. The predicted molar refractivity (Wildman–Crippen MR) is 130 cm³/mol. The predicted octanol–water partition coefficient (Wildman–Crippen LogP) is 6.15. The van der Waals surface area contributed by atoms with Crippen molar-refractivity contribution in [1.29, 1.82) is 0 Å². The molecule has 6 rings (SSSR count). The summed E-state index contributed by atoms with van der Waals surface area (Å²) < 4.78 is 23.3. The van der Waals surface area contributed by atoms with E-state index in [2.05, 4.69) is 40.0 Å². The number of ether oxygens (including phenoxy) is 1. The summed E-state index contributed by atoms with van der Waals surface area (Å²) in [5.41, 5.74) is 6.21. The van der Waals surface area contributed by atoms with Crippen molar-refractivity contribution in [3.8, 4) is 11.3 Å². The van der Waals surface area contributed by atoms with Gasteiger partial charge in [-0.05, 0) is 68.1 Å². The number of aryl methyl sites for hydroxylation is 1. The van der Waals surface area contributed by atoms with Gasteiger partial charge in [-0.15, -0.1) is 0 Å². The molecule has 4 aromatic rings. The van der Waals surface area contributed by atoms with Crippen LogP contribution in [0.2, 0.25) is 0 Å². The number of aromatic nitrogens is 5. The topological polar surface area (TPSA) is 68.1 Å². The van der Waals surface area contributed by atoms with Gasteiger partial charge < -0.3 is 9.72 Å². The van der Waals surface area contributed by atoms with Crippen molar-refractivity contribution in [2.75, 3.05) is 13.2 Å². The third-order valence-corrected chi connectivity index (χ3v) is 7.88. The summed E-state index contributed by atoms with van der Waals surface area (Å²) in [6, 6.07) is 2.10. The number of nitrogens with zero attached hydrogens (tertiary/aromatic N) is 4. The molecular formula is C27H32FN5O. The van der Waals surface area contributed by atoms with Gasteiger partial charge in [0.15, 0.2) is 11.5 Å². The molecule has 2 aliphatic rings. The Balaban J connectivity index is 1.36. The highest BCUT2D eigenvalue weighted by Gasteiger charge is 2.31. The zero-order chi connectivity index (χ0) is 23.4. The van der Waals surface area contributed by atoms with E-state index >= 15 is 4.39 Å². The lowest BCUT2D eigenvalue weighted by molar-refractivity contribution is -0.0448. The first kappa shape index (κ1) is 21.7. The van der Waals surface area contributed by atoms with Crippen molar-refractivity contribution < 1.29 is 9.13 Å². The van der Waals surface area contributed by atoms with E-state index in [4.69, 9.17) is 4.74 Å². The minimum absolute atomic E-state index is 0.141. The van der Waals surface area contributed by atoms with Crippen LogP contribution in [0.4, 0.5) is 4.39 Å². The lowest BCUT2D eigenvalue weighted by Crippen LogP contribution is -2.30. The molecule has 1 aliphatic heterocycles. The standard InChI is InChI=1S/C27H32FN5O/c1-15(2)22-23-21(32-25(22)20-8-16(3)27-30-14-31-33(27)11-20)10-29-26(24(23)28)19-6-4-17(5-7-19)9-18-12-34-13-18/h8,10-11,14-15,17-19,32H,4-7,9,12-13H2,1-3H3. The zero-order valence-electron chi connectivity index (χ0n) is 20.1. The van der Waals surface area contributed by atoms with E-state index in [1.54, 1.807) is 10.8 Å². The number of pyridine rings is 2. The molecule has 4 aromatic heterocycles. The fraction of sp³-hybridized carbons (Fsp3) is 0.519. The molecular weight excluding hydrogens is 429 g/mol. The molecule has 0 atom stereocenters. The van der Waals surface area contributed by atoms with Crippen molar-refractivity contribution in [1.82, 2.24) is 24.6 Å². The Hall–Kier alpha value is -2.80. The van der Waals surface area contributed by atoms with Gasteiger partial charge in [-0.1, -0.05) is 13.8 Å². The molecule has 2 fully saturated rings. The number of nitrogens with one attached hydrogen (secondary N) is 1. The van der Waals surface area contributed by atoms with Gasteiger partial charge in [0.1, 0.15) is 6.33 Å². The fourth-order valence-electron chi connectivity index (χ4n) is 6.07. The molecule has 0 unspecified atom stereocenters. The van der Waals surface area contributed by atoms with E-state index in [0.717, 1.165) is 84.3 Å². The van der Waals surface area contributed by atoms with Crippen LogP contribution in [0.5, 0.6) is 0 Å². The van der Waals surface area contributed by atoms with Crippen molar-refractivity contribution in [2.45, 2.75) is 64.7 Å². The maximum Gasteiger partial charge on any atom is 0.158 e. The normalized spacial score (nSPS) is 21.6. The van der Waals surface area contributed by atoms with Gasteiger partial charge >= 0.3 is 0 Å². The molecule has 1 N–H and O–H groups in total. The average molecular weight is 462 g/mol. The van der Waals surface area contributed by atoms with E-state index in [0.29, 0.717) is 11.1 Å². The molecule has 178 valence electrons. The van der Waals surface area contributed by atoms with Crippen LogP contribution in [-0.4, -0.2) is 37.8 Å². The van der Waals surface area contributed by atoms with Crippen molar-refractivity contribution >= 4 is 16.6 Å². The van der Waals surface area contributed by atoms with Gasteiger partial charge in [0.05, 0.1) is 36.3 Å². The number of hydrogen-bond donors (Lipinski definition) is 1. The molecule has 0 spiro atoms. The Morgan fingerprint density at radius 3 is 2.65 bits per heavy atom. The molecule has 34 heavy (non-hydrogen) atoms. The monoisotopic (exact) mass is 461 g/mol. The largest absolute Gasteiger partial charge is 0.381 e.